The summed E-state index contributed by atoms with van der Waals surface area (Å²) >= 11 is 0. The molecule has 4 aromatic rings. The number of halogens is 2. The molecule has 0 spiro atoms. The van der Waals surface area contributed by atoms with Gasteiger partial charge in [-0.3, -0.25) is 0 Å². The summed E-state index contributed by atoms with van der Waals surface area (Å²) in [6, 6.07) is 13.3. The normalized spacial score (nSPS) is 11.0. The van der Waals surface area contributed by atoms with Crippen molar-refractivity contribution in [2.45, 2.75) is 6.42 Å². The summed E-state index contributed by atoms with van der Waals surface area (Å²) in [5.41, 5.74) is 1.74. The third-order valence-corrected chi connectivity index (χ3v) is 3.76. The van der Waals surface area contributed by atoms with E-state index >= 15 is 0 Å². The molecule has 0 aliphatic rings. The Morgan fingerprint density at radius 3 is 2.38 bits per heavy atom. The van der Waals surface area contributed by atoms with Crippen molar-refractivity contribution in [1.82, 2.24) is 19.8 Å². The van der Waals surface area contributed by atoms with E-state index in [4.69, 9.17) is 0 Å². The minimum Gasteiger partial charge on any atom is -0.508 e. The number of aromatic hydroxyl groups is 1. The van der Waals surface area contributed by atoms with Crippen molar-refractivity contribution >= 4 is 17.2 Å². The topological polar surface area (TPSA) is 75.3 Å². The molecule has 2 aromatic carbocycles. The molecule has 2 N–H and O–H groups in total. The SMILES string of the molecule is Oc1ccc(Cc2nnc3ccc(Nc4cc(F)cc(F)c4)nn23)cc1. The second kappa shape index (κ2) is 6.40. The Balaban J connectivity index is 1.64. The molecule has 2 aromatic heterocycles. The van der Waals surface area contributed by atoms with Crippen LogP contribution < -0.4 is 5.32 Å². The van der Waals surface area contributed by atoms with Crippen LogP contribution in [-0.2, 0) is 6.42 Å². The third kappa shape index (κ3) is 3.30. The van der Waals surface area contributed by atoms with E-state index in [1.807, 2.05) is 0 Å². The van der Waals surface area contributed by atoms with Gasteiger partial charge in [0.1, 0.15) is 17.4 Å². The lowest BCUT2D eigenvalue weighted by Crippen LogP contribution is -2.03. The molecule has 130 valence electrons. The van der Waals surface area contributed by atoms with Crippen molar-refractivity contribution in [3.63, 3.8) is 0 Å². The number of anilines is 2. The molecule has 8 heteroatoms. The van der Waals surface area contributed by atoms with Gasteiger partial charge >= 0.3 is 0 Å². The molecule has 0 aliphatic heterocycles. The maximum absolute atomic E-state index is 13.3. The van der Waals surface area contributed by atoms with E-state index in [1.54, 1.807) is 40.9 Å². The highest BCUT2D eigenvalue weighted by molar-refractivity contribution is 5.57. The first kappa shape index (κ1) is 15.9. The molecular weight excluding hydrogens is 340 g/mol. The van der Waals surface area contributed by atoms with E-state index in [0.29, 0.717) is 23.7 Å². The summed E-state index contributed by atoms with van der Waals surface area (Å²) in [5, 5.41) is 24.8. The van der Waals surface area contributed by atoms with Gasteiger partial charge in [-0.25, -0.2) is 8.78 Å². The van der Waals surface area contributed by atoms with Gasteiger partial charge in [-0.2, -0.15) is 4.52 Å². The van der Waals surface area contributed by atoms with Crippen molar-refractivity contribution in [2.24, 2.45) is 0 Å². The van der Waals surface area contributed by atoms with Crippen LogP contribution in [0.1, 0.15) is 11.4 Å². The van der Waals surface area contributed by atoms with Gasteiger partial charge in [0.05, 0.1) is 0 Å². The molecule has 0 aliphatic carbocycles. The van der Waals surface area contributed by atoms with Gasteiger partial charge in [-0.15, -0.1) is 15.3 Å². The van der Waals surface area contributed by atoms with Crippen molar-refractivity contribution in [3.05, 3.63) is 77.6 Å². The van der Waals surface area contributed by atoms with Crippen LogP contribution in [0.25, 0.3) is 5.65 Å². The number of nitrogens with zero attached hydrogens (tertiary/aromatic N) is 4. The Labute approximate surface area is 146 Å². The van der Waals surface area contributed by atoms with Gasteiger partial charge in [0.2, 0.25) is 0 Å². The second-order valence-corrected chi connectivity index (χ2v) is 5.73. The number of rotatable bonds is 4. The van der Waals surface area contributed by atoms with Crippen LogP contribution in [0.3, 0.4) is 0 Å². The summed E-state index contributed by atoms with van der Waals surface area (Å²) in [7, 11) is 0. The van der Waals surface area contributed by atoms with E-state index in [-0.39, 0.29) is 11.4 Å². The zero-order chi connectivity index (χ0) is 18.1. The average molecular weight is 353 g/mol. The van der Waals surface area contributed by atoms with Crippen molar-refractivity contribution in [3.8, 4) is 5.75 Å². The zero-order valence-electron chi connectivity index (χ0n) is 13.4. The maximum atomic E-state index is 13.3. The Morgan fingerprint density at radius 1 is 0.923 bits per heavy atom. The summed E-state index contributed by atoms with van der Waals surface area (Å²) in [5.74, 6) is -0.169. The largest absolute Gasteiger partial charge is 0.508 e. The molecule has 2 heterocycles. The van der Waals surface area contributed by atoms with Crippen LogP contribution in [-0.4, -0.2) is 24.9 Å². The molecule has 0 saturated heterocycles. The van der Waals surface area contributed by atoms with Gasteiger partial charge in [-0.1, -0.05) is 12.1 Å². The minimum atomic E-state index is -0.675. The van der Waals surface area contributed by atoms with Crippen LogP contribution in [0.5, 0.6) is 5.75 Å². The Kier molecular flexibility index (Phi) is 3.92. The number of benzene rings is 2. The van der Waals surface area contributed by atoms with Gasteiger partial charge in [0.15, 0.2) is 17.3 Å². The predicted molar refractivity (Wildman–Crippen MR) is 91.3 cm³/mol. The number of hydrogen-bond acceptors (Lipinski definition) is 5. The van der Waals surface area contributed by atoms with Crippen LogP contribution in [0.2, 0.25) is 0 Å². The highest BCUT2D eigenvalue weighted by Gasteiger charge is 2.09. The molecule has 0 atom stereocenters. The lowest BCUT2D eigenvalue weighted by molar-refractivity contribution is 0.475. The summed E-state index contributed by atoms with van der Waals surface area (Å²) < 4.78 is 28.2. The third-order valence-electron chi connectivity index (χ3n) is 3.76. The quantitative estimate of drug-likeness (QED) is 0.588. The first-order valence-corrected chi connectivity index (χ1v) is 7.79. The number of hydrogen-bond donors (Lipinski definition) is 2. The highest BCUT2D eigenvalue weighted by atomic mass is 19.1. The molecule has 0 saturated carbocycles. The number of phenols is 1. The van der Waals surface area contributed by atoms with E-state index in [2.05, 4.69) is 20.6 Å². The molecule has 0 amide bonds. The van der Waals surface area contributed by atoms with Gasteiger partial charge in [0.25, 0.3) is 0 Å². The summed E-state index contributed by atoms with van der Waals surface area (Å²) in [6.07, 6.45) is 0.465. The van der Waals surface area contributed by atoms with E-state index in [1.165, 1.54) is 12.1 Å². The summed E-state index contributed by atoms with van der Waals surface area (Å²) in [4.78, 5) is 0. The lowest BCUT2D eigenvalue weighted by atomic mass is 10.1. The fourth-order valence-electron chi connectivity index (χ4n) is 2.58. The molecule has 0 fully saturated rings. The van der Waals surface area contributed by atoms with E-state index in [9.17, 15) is 13.9 Å². The molecule has 0 bridgehead atoms. The first-order chi connectivity index (χ1) is 12.6. The highest BCUT2D eigenvalue weighted by Crippen LogP contribution is 2.19. The molecular formula is C18H13F2N5O. The Hall–Kier alpha value is -3.55. The lowest BCUT2D eigenvalue weighted by Gasteiger charge is -2.07. The smallest absolute Gasteiger partial charge is 0.178 e. The van der Waals surface area contributed by atoms with Crippen molar-refractivity contribution in [2.75, 3.05) is 5.32 Å². The number of fused-ring (bicyclic) bond motifs is 1. The molecule has 26 heavy (non-hydrogen) atoms. The van der Waals surface area contributed by atoms with Crippen molar-refractivity contribution < 1.29 is 13.9 Å². The number of aromatic nitrogens is 4. The Morgan fingerprint density at radius 2 is 1.65 bits per heavy atom. The number of phenolic OH excluding ortho intramolecular Hbond substituents is 1. The zero-order valence-corrected chi connectivity index (χ0v) is 13.4. The Bertz CT molecular complexity index is 1060. The second-order valence-electron chi connectivity index (χ2n) is 5.73. The van der Waals surface area contributed by atoms with Crippen LogP contribution in [0, 0.1) is 11.6 Å². The van der Waals surface area contributed by atoms with Crippen LogP contribution >= 0.6 is 0 Å². The van der Waals surface area contributed by atoms with E-state index < -0.39 is 11.6 Å². The number of nitrogens with one attached hydrogen (secondary N) is 1. The fourth-order valence-corrected chi connectivity index (χ4v) is 2.58. The summed E-state index contributed by atoms with van der Waals surface area (Å²) in [6.45, 7) is 0. The average Bonchev–Trinajstić information content (AvgIpc) is 2.98. The van der Waals surface area contributed by atoms with Crippen LogP contribution in [0.4, 0.5) is 20.3 Å². The fraction of sp³-hybridized carbons (Fsp3) is 0.0556. The minimum absolute atomic E-state index is 0.187. The molecule has 0 radical (unpaired) electrons. The van der Waals surface area contributed by atoms with Gasteiger partial charge in [0, 0.05) is 18.2 Å². The molecule has 0 unspecified atom stereocenters. The predicted octanol–water partition coefficient (Wildman–Crippen LogP) is 3.44. The first-order valence-electron chi connectivity index (χ1n) is 7.79. The monoisotopic (exact) mass is 353 g/mol. The standard InChI is InChI=1S/C18H13F2N5O/c19-12-8-13(20)10-14(9-12)21-16-5-6-17-22-23-18(25(17)24-16)7-11-1-3-15(26)4-2-11/h1-6,8-10,26H,7H2,(H,21,24). The maximum Gasteiger partial charge on any atom is 0.178 e. The van der Waals surface area contributed by atoms with E-state index in [0.717, 1.165) is 11.6 Å². The molecule has 6 nitrogen and oxygen atoms in total. The van der Waals surface area contributed by atoms with Gasteiger partial charge in [-0.05, 0) is 42.0 Å². The molecule has 4 rings (SSSR count). The van der Waals surface area contributed by atoms with Gasteiger partial charge < -0.3 is 10.4 Å². The van der Waals surface area contributed by atoms with Crippen molar-refractivity contribution in [1.29, 1.82) is 0 Å². The van der Waals surface area contributed by atoms with Crippen LogP contribution in [0.15, 0.2) is 54.6 Å².